The summed E-state index contributed by atoms with van der Waals surface area (Å²) in [6.07, 6.45) is 4.25. The van der Waals surface area contributed by atoms with Gasteiger partial charge in [0.2, 0.25) is 0 Å². The van der Waals surface area contributed by atoms with Crippen molar-refractivity contribution in [3.8, 4) is 0 Å². The van der Waals surface area contributed by atoms with Crippen LogP contribution in [0.3, 0.4) is 0 Å². The van der Waals surface area contributed by atoms with Crippen LogP contribution >= 0.6 is 0 Å². The molecule has 24 heavy (non-hydrogen) atoms. The minimum Gasteiger partial charge on any atom is -0.349 e. The molecule has 0 aliphatic heterocycles. The summed E-state index contributed by atoms with van der Waals surface area (Å²) in [4.78, 5) is 47.8. The molecule has 3 rings (SSSR count). The van der Waals surface area contributed by atoms with Crippen LogP contribution in [0.25, 0.3) is 11.2 Å². The Morgan fingerprint density at radius 2 is 2.00 bits per heavy atom. The van der Waals surface area contributed by atoms with Gasteiger partial charge in [-0.25, -0.2) is 19.7 Å². The molecule has 124 valence electrons. The van der Waals surface area contributed by atoms with Gasteiger partial charge >= 0.3 is 5.69 Å². The molecule has 0 saturated heterocycles. The number of imidazole rings is 1. The molecule has 10 heteroatoms. The molecule has 0 unspecified atom stereocenters. The van der Waals surface area contributed by atoms with Crippen LogP contribution in [0.5, 0.6) is 0 Å². The predicted molar refractivity (Wildman–Crippen MR) is 84.6 cm³/mol. The number of rotatable bonds is 4. The second kappa shape index (κ2) is 6.07. The largest absolute Gasteiger partial charge is 0.349 e. The maximum absolute atomic E-state index is 12.3. The van der Waals surface area contributed by atoms with Crippen LogP contribution in [0.4, 0.5) is 0 Å². The molecule has 1 amide bonds. The quantitative estimate of drug-likeness (QED) is 0.633. The van der Waals surface area contributed by atoms with Crippen LogP contribution in [0, 0.1) is 0 Å². The van der Waals surface area contributed by atoms with E-state index >= 15 is 0 Å². The Balaban J connectivity index is 1.81. The van der Waals surface area contributed by atoms with Crippen LogP contribution < -0.4 is 16.6 Å². The van der Waals surface area contributed by atoms with Gasteiger partial charge in [-0.2, -0.15) is 0 Å². The van der Waals surface area contributed by atoms with E-state index in [4.69, 9.17) is 0 Å². The predicted octanol–water partition coefficient (Wildman–Crippen LogP) is -1.35. The zero-order valence-electron chi connectivity index (χ0n) is 13.1. The molecule has 0 bridgehead atoms. The van der Waals surface area contributed by atoms with Crippen molar-refractivity contribution in [2.24, 2.45) is 14.1 Å². The van der Waals surface area contributed by atoms with Gasteiger partial charge in [-0.05, 0) is 6.07 Å². The summed E-state index contributed by atoms with van der Waals surface area (Å²) in [7, 11) is 2.97. The number of hydrogen-bond donors (Lipinski definition) is 1. The van der Waals surface area contributed by atoms with Crippen molar-refractivity contribution in [2.45, 2.75) is 6.54 Å². The Bertz CT molecular complexity index is 1020. The third kappa shape index (κ3) is 2.57. The number of carbonyl (C=O) groups excluding carboxylic acids is 1. The van der Waals surface area contributed by atoms with E-state index in [0.29, 0.717) is 17.7 Å². The third-order valence-electron chi connectivity index (χ3n) is 3.67. The summed E-state index contributed by atoms with van der Waals surface area (Å²) in [5.74, 6) is -0.331. The van der Waals surface area contributed by atoms with Gasteiger partial charge in [-0.1, -0.05) is 0 Å². The molecule has 1 N–H and O–H groups in total. The van der Waals surface area contributed by atoms with Gasteiger partial charge in [0.1, 0.15) is 12.0 Å². The topological polar surface area (TPSA) is 117 Å². The van der Waals surface area contributed by atoms with Crippen LogP contribution in [-0.4, -0.2) is 41.1 Å². The molecule has 10 nitrogen and oxygen atoms in total. The maximum atomic E-state index is 12.3. The van der Waals surface area contributed by atoms with Crippen molar-refractivity contribution in [1.82, 2.24) is 34.0 Å². The molecular weight excluding hydrogens is 314 g/mol. The van der Waals surface area contributed by atoms with Crippen LogP contribution in [0.1, 0.15) is 10.5 Å². The first-order valence-electron chi connectivity index (χ1n) is 7.15. The van der Waals surface area contributed by atoms with Gasteiger partial charge in [0, 0.05) is 33.4 Å². The lowest BCUT2D eigenvalue weighted by Crippen LogP contribution is -2.38. The number of hydrogen-bond acceptors (Lipinski definition) is 6. The lowest BCUT2D eigenvalue weighted by Gasteiger charge is -2.07. The van der Waals surface area contributed by atoms with Crippen LogP contribution in [-0.2, 0) is 20.6 Å². The van der Waals surface area contributed by atoms with Gasteiger partial charge in [0.15, 0.2) is 11.2 Å². The molecule has 0 aromatic carbocycles. The van der Waals surface area contributed by atoms with E-state index in [1.54, 1.807) is 11.6 Å². The molecule has 0 saturated carbocycles. The van der Waals surface area contributed by atoms with Crippen molar-refractivity contribution in [1.29, 1.82) is 0 Å². The summed E-state index contributed by atoms with van der Waals surface area (Å²) >= 11 is 0. The maximum Gasteiger partial charge on any atom is 0.332 e. The summed E-state index contributed by atoms with van der Waals surface area (Å²) in [5, 5.41) is 2.71. The molecule has 0 spiro atoms. The summed E-state index contributed by atoms with van der Waals surface area (Å²) < 4.78 is 3.95. The van der Waals surface area contributed by atoms with Gasteiger partial charge in [-0.15, -0.1) is 0 Å². The van der Waals surface area contributed by atoms with Crippen LogP contribution in [0.2, 0.25) is 0 Å². The van der Waals surface area contributed by atoms with Crippen molar-refractivity contribution < 1.29 is 4.79 Å². The molecular formula is C14H15N7O3. The van der Waals surface area contributed by atoms with E-state index in [9.17, 15) is 14.4 Å². The van der Waals surface area contributed by atoms with Gasteiger partial charge in [0.25, 0.3) is 11.5 Å². The second-order valence-corrected chi connectivity index (χ2v) is 5.17. The fraction of sp³-hybridized carbons (Fsp3) is 0.286. The molecule has 0 atom stereocenters. The highest BCUT2D eigenvalue weighted by atomic mass is 16.2. The SMILES string of the molecule is Cn1c(=O)c2c(ncn2CCNC(=O)c2ccncn2)n(C)c1=O. The molecule has 0 radical (unpaired) electrons. The van der Waals surface area contributed by atoms with E-state index in [1.807, 2.05) is 0 Å². The van der Waals surface area contributed by atoms with Crippen molar-refractivity contribution >= 4 is 17.1 Å². The first-order chi connectivity index (χ1) is 11.5. The van der Waals surface area contributed by atoms with Gasteiger partial charge < -0.3 is 9.88 Å². The number of carbonyl (C=O) groups is 1. The van der Waals surface area contributed by atoms with Crippen LogP contribution in [0.15, 0.2) is 34.5 Å². The Morgan fingerprint density at radius 3 is 2.71 bits per heavy atom. The number of nitrogens with one attached hydrogen (secondary N) is 1. The fourth-order valence-corrected chi connectivity index (χ4v) is 2.37. The van der Waals surface area contributed by atoms with Gasteiger partial charge in [-0.3, -0.25) is 18.7 Å². The molecule has 0 aliphatic carbocycles. The molecule has 3 aromatic heterocycles. The van der Waals surface area contributed by atoms with E-state index in [2.05, 4.69) is 20.3 Å². The van der Waals surface area contributed by atoms with Gasteiger partial charge in [0.05, 0.1) is 6.33 Å². The number of amides is 1. The average molecular weight is 329 g/mol. The molecule has 0 fully saturated rings. The van der Waals surface area contributed by atoms with E-state index in [1.165, 1.54) is 36.5 Å². The van der Waals surface area contributed by atoms with Crippen molar-refractivity contribution in [3.05, 3.63) is 51.4 Å². The summed E-state index contributed by atoms with van der Waals surface area (Å²) in [6.45, 7) is 0.612. The van der Waals surface area contributed by atoms with E-state index in [-0.39, 0.29) is 18.1 Å². The Kier molecular flexibility index (Phi) is 3.94. The average Bonchev–Trinajstić information content (AvgIpc) is 3.03. The summed E-state index contributed by atoms with van der Waals surface area (Å²) in [6, 6.07) is 1.51. The normalized spacial score (nSPS) is 10.9. The zero-order chi connectivity index (χ0) is 17.3. The standard InChI is InChI=1S/C14H15N7O3/c1-19-11-10(13(23)20(2)14(19)24)21(8-18-11)6-5-16-12(22)9-3-4-15-7-17-9/h3-4,7-8H,5-6H2,1-2H3,(H,16,22). The van der Waals surface area contributed by atoms with E-state index in [0.717, 1.165) is 4.57 Å². The zero-order valence-corrected chi connectivity index (χ0v) is 13.1. The summed E-state index contributed by atoms with van der Waals surface area (Å²) in [5.41, 5.74) is 0.0300. The molecule has 0 aliphatic rings. The molecule has 3 heterocycles. The lowest BCUT2D eigenvalue weighted by molar-refractivity contribution is 0.0947. The minimum atomic E-state index is -0.435. The monoisotopic (exact) mass is 329 g/mol. The number of aromatic nitrogens is 6. The lowest BCUT2D eigenvalue weighted by atomic mass is 10.4. The molecule has 3 aromatic rings. The minimum absolute atomic E-state index is 0.263. The Hall–Kier alpha value is -3.30. The fourth-order valence-electron chi connectivity index (χ4n) is 2.37. The third-order valence-corrected chi connectivity index (χ3v) is 3.67. The first-order valence-corrected chi connectivity index (χ1v) is 7.15. The Morgan fingerprint density at radius 1 is 1.21 bits per heavy atom. The van der Waals surface area contributed by atoms with E-state index < -0.39 is 11.2 Å². The Labute approximate surface area is 135 Å². The van der Waals surface area contributed by atoms with Crippen molar-refractivity contribution in [2.75, 3.05) is 6.54 Å². The highest BCUT2D eigenvalue weighted by molar-refractivity contribution is 5.92. The smallest absolute Gasteiger partial charge is 0.332 e. The highest BCUT2D eigenvalue weighted by Gasteiger charge is 2.14. The first kappa shape index (κ1) is 15.6. The second-order valence-electron chi connectivity index (χ2n) is 5.17. The highest BCUT2D eigenvalue weighted by Crippen LogP contribution is 2.04. The number of nitrogens with zero attached hydrogens (tertiary/aromatic N) is 6. The van der Waals surface area contributed by atoms with Crippen molar-refractivity contribution in [3.63, 3.8) is 0 Å². The number of fused-ring (bicyclic) bond motifs is 1. The number of aryl methyl sites for hydroxylation is 1.